The van der Waals surface area contributed by atoms with Crippen LogP contribution in [0.5, 0.6) is 11.5 Å². The van der Waals surface area contributed by atoms with E-state index in [1.54, 1.807) is 4.90 Å². The van der Waals surface area contributed by atoms with Crippen molar-refractivity contribution in [2.75, 3.05) is 6.54 Å². The Morgan fingerprint density at radius 1 is 1.39 bits per heavy atom. The molecule has 2 rings (SSSR count). The van der Waals surface area contributed by atoms with Crippen LogP contribution in [0.3, 0.4) is 0 Å². The van der Waals surface area contributed by atoms with E-state index in [-0.39, 0.29) is 23.0 Å². The summed E-state index contributed by atoms with van der Waals surface area (Å²) >= 11 is 0. The smallest absolute Gasteiger partial charge is 0.258 e. The van der Waals surface area contributed by atoms with Crippen molar-refractivity contribution in [2.24, 2.45) is 5.92 Å². The first-order valence-electron chi connectivity index (χ1n) is 6.32. The van der Waals surface area contributed by atoms with Crippen LogP contribution in [-0.2, 0) is 0 Å². The van der Waals surface area contributed by atoms with Crippen molar-refractivity contribution in [1.29, 1.82) is 0 Å². The topological polar surface area (TPSA) is 60.8 Å². The number of carbonyl (C=O) groups excluding carboxylic acids is 1. The molecule has 1 aromatic rings. The van der Waals surface area contributed by atoms with Crippen LogP contribution in [0.15, 0.2) is 18.2 Å². The lowest BCUT2D eigenvalue weighted by molar-refractivity contribution is 0.0719. The number of carbonyl (C=O) groups is 1. The van der Waals surface area contributed by atoms with Crippen LogP contribution in [0.2, 0.25) is 0 Å². The van der Waals surface area contributed by atoms with Crippen LogP contribution in [0, 0.1) is 5.92 Å². The molecule has 0 heterocycles. The molecule has 1 aromatic carbocycles. The predicted molar refractivity (Wildman–Crippen MR) is 68.7 cm³/mol. The van der Waals surface area contributed by atoms with Gasteiger partial charge in [0, 0.05) is 12.6 Å². The summed E-state index contributed by atoms with van der Waals surface area (Å²) in [6, 6.07) is 4.34. The molecule has 2 N–H and O–H groups in total. The van der Waals surface area contributed by atoms with Crippen LogP contribution in [0.25, 0.3) is 0 Å². The normalized spacial score (nSPS) is 14.8. The molecule has 1 aliphatic carbocycles. The van der Waals surface area contributed by atoms with E-state index in [4.69, 9.17) is 0 Å². The van der Waals surface area contributed by atoms with Gasteiger partial charge in [0.15, 0.2) is 0 Å². The highest BCUT2D eigenvalue weighted by Crippen LogP contribution is 2.31. The van der Waals surface area contributed by atoms with E-state index < -0.39 is 0 Å². The fraction of sp³-hybridized carbons (Fsp3) is 0.500. The molecule has 0 radical (unpaired) electrons. The fourth-order valence-corrected chi connectivity index (χ4v) is 2.03. The first-order valence-corrected chi connectivity index (χ1v) is 6.32. The third-order valence-electron chi connectivity index (χ3n) is 3.02. The number of nitrogens with zero attached hydrogens (tertiary/aromatic N) is 1. The van der Waals surface area contributed by atoms with E-state index in [1.165, 1.54) is 18.2 Å². The minimum Gasteiger partial charge on any atom is -0.508 e. The van der Waals surface area contributed by atoms with Gasteiger partial charge in [-0.25, -0.2) is 0 Å². The van der Waals surface area contributed by atoms with Crippen LogP contribution < -0.4 is 0 Å². The van der Waals surface area contributed by atoms with Crippen LogP contribution in [0.1, 0.15) is 37.0 Å². The zero-order chi connectivity index (χ0) is 13.3. The van der Waals surface area contributed by atoms with E-state index in [9.17, 15) is 15.0 Å². The monoisotopic (exact) mass is 249 g/mol. The number of hydrogen-bond donors (Lipinski definition) is 2. The van der Waals surface area contributed by atoms with Crippen molar-refractivity contribution in [3.8, 4) is 11.5 Å². The number of rotatable bonds is 4. The van der Waals surface area contributed by atoms with Crippen molar-refractivity contribution in [2.45, 2.75) is 32.7 Å². The Kier molecular flexibility index (Phi) is 3.45. The summed E-state index contributed by atoms with van der Waals surface area (Å²) in [6.07, 6.45) is 2.05. The van der Waals surface area contributed by atoms with Gasteiger partial charge in [-0.2, -0.15) is 0 Å². The Hall–Kier alpha value is -1.71. The predicted octanol–water partition coefficient (Wildman–Crippen LogP) is 2.36. The molecule has 0 spiro atoms. The number of aromatic hydroxyl groups is 2. The highest BCUT2D eigenvalue weighted by Gasteiger charge is 2.34. The Labute approximate surface area is 107 Å². The molecule has 1 saturated carbocycles. The van der Waals surface area contributed by atoms with Gasteiger partial charge < -0.3 is 15.1 Å². The second kappa shape index (κ2) is 4.88. The second-order valence-electron chi connectivity index (χ2n) is 5.28. The molecule has 1 aliphatic rings. The molecule has 0 unspecified atom stereocenters. The summed E-state index contributed by atoms with van der Waals surface area (Å²) < 4.78 is 0. The van der Waals surface area contributed by atoms with E-state index >= 15 is 0 Å². The van der Waals surface area contributed by atoms with E-state index in [0.29, 0.717) is 18.5 Å². The molecule has 18 heavy (non-hydrogen) atoms. The van der Waals surface area contributed by atoms with Crippen molar-refractivity contribution >= 4 is 5.91 Å². The number of hydrogen-bond acceptors (Lipinski definition) is 3. The molecule has 1 fully saturated rings. The Morgan fingerprint density at radius 3 is 2.61 bits per heavy atom. The maximum absolute atomic E-state index is 12.4. The molecule has 0 bridgehead atoms. The van der Waals surface area contributed by atoms with E-state index in [0.717, 1.165) is 12.8 Å². The highest BCUT2D eigenvalue weighted by atomic mass is 16.3. The van der Waals surface area contributed by atoms with Gasteiger partial charge in [0.2, 0.25) is 0 Å². The SMILES string of the molecule is CC(C)CN(C(=O)c1cc(O)ccc1O)C1CC1. The standard InChI is InChI=1S/C14H19NO3/c1-9(2)8-15(10-3-4-10)14(18)12-7-11(16)5-6-13(12)17/h5-7,9-10,16-17H,3-4,8H2,1-2H3. The Bertz CT molecular complexity index is 452. The van der Waals surface area contributed by atoms with E-state index in [1.807, 2.05) is 0 Å². The van der Waals surface area contributed by atoms with Crippen molar-refractivity contribution in [1.82, 2.24) is 4.90 Å². The Morgan fingerprint density at radius 2 is 2.06 bits per heavy atom. The molecule has 4 nitrogen and oxygen atoms in total. The number of phenolic OH excluding ortho intramolecular Hbond substituents is 2. The summed E-state index contributed by atoms with van der Waals surface area (Å²) in [4.78, 5) is 14.2. The first kappa shape index (κ1) is 12.7. The molecule has 1 amide bonds. The third kappa shape index (κ3) is 2.75. The van der Waals surface area contributed by atoms with Gasteiger partial charge in [-0.3, -0.25) is 4.79 Å². The van der Waals surface area contributed by atoms with Gasteiger partial charge >= 0.3 is 0 Å². The minimum absolute atomic E-state index is 0.00329. The maximum atomic E-state index is 12.4. The van der Waals surface area contributed by atoms with Crippen molar-refractivity contribution in [3.05, 3.63) is 23.8 Å². The summed E-state index contributed by atoms with van der Waals surface area (Å²) in [5.74, 6) is 0.109. The molecule has 4 heteroatoms. The van der Waals surface area contributed by atoms with Gasteiger partial charge in [-0.15, -0.1) is 0 Å². The zero-order valence-corrected chi connectivity index (χ0v) is 10.8. The van der Waals surface area contributed by atoms with Crippen molar-refractivity contribution in [3.63, 3.8) is 0 Å². The number of phenols is 2. The molecular weight excluding hydrogens is 230 g/mol. The lowest BCUT2D eigenvalue weighted by Gasteiger charge is -2.24. The van der Waals surface area contributed by atoms with Crippen LogP contribution in [-0.4, -0.2) is 33.6 Å². The van der Waals surface area contributed by atoms with E-state index in [2.05, 4.69) is 13.8 Å². The van der Waals surface area contributed by atoms with Gasteiger partial charge in [-0.1, -0.05) is 13.8 Å². The van der Waals surface area contributed by atoms with Crippen LogP contribution >= 0.6 is 0 Å². The number of benzene rings is 1. The minimum atomic E-state index is -0.195. The Balaban J connectivity index is 2.24. The summed E-state index contributed by atoms with van der Waals surface area (Å²) in [5, 5.41) is 19.2. The van der Waals surface area contributed by atoms with Gasteiger partial charge in [-0.05, 0) is 37.0 Å². The van der Waals surface area contributed by atoms with Gasteiger partial charge in [0.1, 0.15) is 11.5 Å². The summed E-state index contributed by atoms with van der Waals surface area (Å²) in [5.41, 5.74) is 0.183. The zero-order valence-electron chi connectivity index (χ0n) is 10.8. The average molecular weight is 249 g/mol. The molecule has 0 aromatic heterocycles. The maximum Gasteiger partial charge on any atom is 0.258 e. The quantitative estimate of drug-likeness (QED) is 0.805. The van der Waals surface area contributed by atoms with Gasteiger partial charge in [0.05, 0.1) is 5.56 Å². The average Bonchev–Trinajstić information content (AvgIpc) is 3.12. The lowest BCUT2D eigenvalue weighted by Crippen LogP contribution is -2.36. The largest absolute Gasteiger partial charge is 0.508 e. The van der Waals surface area contributed by atoms with Gasteiger partial charge in [0.25, 0.3) is 5.91 Å². The first-order chi connectivity index (χ1) is 8.49. The molecule has 98 valence electrons. The number of amides is 1. The summed E-state index contributed by atoms with van der Waals surface area (Å²) in [6.45, 7) is 4.80. The molecular formula is C14H19NO3. The highest BCUT2D eigenvalue weighted by molar-refractivity contribution is 5.97. The second-order valence-corrected chi connectivity index (χ2v) is 5.28. The molecule has 0 atom stereocenters. The third-order valence-corrected chi connectivity index (χ3v) is 3.02. The fourth-order valence-electron chi connectivity index (χ4n) is 2.03. The summed E-state index contributed by atoms with van der Waals surface area (Å²) in [7, 11) is 0. The molecule has 0 saturated heterocycles. The van der Waals surface area contributed by atoms with Crippen LogP contribution in [0.4, 0.5) is 0 Å². The lowest BCUT2D eigenvalue weighted by atomic mass is 10.1. The molecule has 0 aliphatic heterocycles. The van der Waals surface area contributed by atoms with Crippen molar-refractivity contribution < 1.29 is 15.0 Å².